The standard InChI is InChI=1S/C19H26N2O2S/c1-4-9-17(14-20-16(2)19(22)21(3)24)12-8-13-23-15-18-10-6-5-7-11-18/h4-13,16,20,24H,14-15H2,1-3H3/b9-4-,13-8+,17-12+/t16-/m1/s1. The number of benzene rings is 1. The van der Waals surface area contributed by atoms with Gasteiger partial charge in [-0.1, -0.05) is 61.4 Å². The molecule has 1 amide bonds. The van der Waals surface area contributed by atoms with Gasteiger partial charge in [0.25, 0.3) is 0 Å². The summed E-state index contributed by atoms with van der Waals surface area (Å²) in [6.07, 6.45) is 9.45. The number of likely N-dealkylation sites (N-methyl/N-ethyl adjacent to an activating group) is 1. The van der Waals surface area contributed by atoms with E-state index in [1.165, 1.54) is 4.31 Å². The van der Waals surface area contributed by atoms with Crippen molar-refractivity contribution in [1.29, 1.82) is 0 Å². The van der Waals surface area contributed by atoms with Crippen LogP contribution in [0, 0.1) is 0 Å². The van der Waals surface area contributed by atoms with Gasteiger partial charge in [-0.15, -0.1) is 0 Å². The number of carbonyl (C=O) groups is 1. The summed E-state index contributed by atoms with van der Waals surface area (Å²) >= 11 is 4.02. The molecule has 0 aliphatic heterocycles. The molecule has 0 spiro atoms. The zero-order valence-corrected chi connectivity index (χ0v) is 15.4. The van der Waals surface area contributed by atoms with Gasteiger partial charge in [-0.25, -0.2) is 0 Å². The maximum absolute atomic E-state index is 11.8. The lowest BCUT2D eigenvalue weighted by molar-refractivity contribution is -0.126. The van der Waals surface area contributed by atoms with E-state index in [4.69, 9.17) is 4.74 Å². The average molecular weight is 346 g/mol. The molecule has 0 aromatic heterocycles. The number of nitrogens with one attached hydrogen (secondary N) is 1. The maximum Gasteiger partial charge on any atom is 0.248 e. The van der Waals surface area contributed by atoms with Gasteiger partial charge in [-0.05, 0) is 31.1 Å². The van der Waals surface area contributed by atoms with E-state index in [9.17, 15) is 4.79 Å². The molecule has 1 N–H and O–H groups in total. The van der Waals surface area contributed by atoms with E-state index in [0.29, 0.717) is 13.2 Å². The van der Waals surface area contributed by atoms with Crippen LogP contribution in [0.3, 0.4) is 0 Å². The number of hydrogen-bond donors (Lipinski definition) is 2. The number of rotatable bonds is 9. The van der Waals surface area contributed by atoms with E-state index >= 15 is 0 Å². The van der Waals surface area contributed by atoms with Crippen LogP contribution < -0.4 is 5.32 Å². The number of allylic oxidation sites excluding steroid dienone is 3. The highest BCUT2D eigenvalue weighted by Gasteiger charge is 2.14. The van der Waals surface area contributed by atoms with Crippen LogP contribution in [0.1, 0.15) is 19.4 Å². The highest BCUT2D eigenvalue weighted by atomic mass is 32.1. The van der Waals surface area contributed by atoms with Crippen LogP contribution in [0.5, 0.6) is 0 Å². The predicted molar refractivity (Wildman–Crippen MR) is 102 cm³/mol. The van der Waals surface area contributed by atoms with E-state index in [1.807, 2.05) is 68.5 Å². The molecule has 1 aromatic rings. The van der Waals surface area contributed by atoms with Gasteiger partial charge in [0.15, 0.2) is 0 Å². The summed E-state index contributed by atoms with van der Waals surface area (Å²) in [5.74, 6) is -0.0695. The Kier molecular flexibility index (Phi) is 9.65. The zero-order valence-electron chi connectivity index (χ0n) is 14.5. The van der Waals surface area contributed by atoms with Gasteiger partial charge in [0.05, 0.1) is 12.3 Å². The van der Waals surface area contributed by atoms with E-state index < -0.39 is 0 Å². The van der Waals surface area contributed by atoms with Gasteiger partial charge in [-0.3, -0.25) is 9.10 Å². The molecule has 5 heteroatoms. The first-order chi connectivity index (χ1) is 11.5. The third-order valence-electron chi connectivity index (χ3n) is 3.26. The summed E-state index contributed by atoms with van der Waals surface area (Å²) in [5.41, 5.74) is 2.18. The molecule has 24 heavy (non-hydrogen) atoms. The summed E-state index contributed by atoms with van der Waals surface area (Å²) in [7, 11) is 1.62. The summed E-state index contributed by atoms with van der Waals surface area (Å²) < 4.78 is 6.79. The van der Waals surface area contributed by atoms with E-state index in [1.54, 1.807) is 13.3 Å². The van der Waals surface area contributed by atoms with Crippen LogP contribution in [-0.4, -0.2) is 29.8 Å². The van der Waals surface area contributed by atoms with Crippen molar-refractivity contribution < 1.29 is 9.53 Å². The fraction of sp³-hybridized carbons (Fsp3) is 0.316. The molecule has 1 atom stereocenters. The third kappa shape index (κ3) is 8.04. The Hall–Kier alpha value is -1.98. The van der Waals surface area contributed by atoms with Gasteiger partial charge in [0.1, 0.15) is 6.61 Å². The van der Waals surface area contributed by atoms with Crippen LogP contribution >= 0.6 is 12.8 Å². The lowest BCUT2D eigenvalue weighted by atomic mass is 10.2. The molecule has 0 heterocycles. The molecule has 0 fully saturated rings. The average Bonchev–Trinajstić information content (AvgIpc) is 2.59. The molecule has 0 unspecified atom stereocenters. The molecule has 0 radical (unpaired) electrons. The molecule has 4 nitrogen and oxygen atoms in total. The number of nitrogens with zero attached hydrogens (tertiary/aromatic N) is 1. The van der Waals surface area contributed by atoms with Crippen molar-refractivity contribution in [2.45, 2.75) is 26.5 Å². The Morgan fingerprint density at radius 1 is 1.38 bits per heavy atom. The third-order valence-corrected chi connectivity index (χ3v) is 3.46. The van der Waals surface area contributed by atoms with Crippen LogP contribution in [0.4, 0.5) is 0 Å². The van der Waals surface area contributed by atoms with Gasteiger partial charge in [-0.2, -0.15) is 0 Å². The van der Waals surface area contributed by atoms with Crippen LogP contribution in [0.2, 0.25) is 0 Å². The Morgan fingerprint density at radius 3 is 2.71 bits per heavy atom. The zero-order chi connectivity index (χ0) is 17.8. The van der Waals surface area contributed by atoms with Crippen molar-refractivity contribution in [2.75, 3.05) is 13.6 Å². The van der Waals surface area contributed by atoms with Crippen molar-refractivity contribution in [1.82, 2.24) is 9.62 Å². The smallest absolute Gasteiger partial charge is 0.248 e. The Bertz CT molecular complexity index is 580. The molecular formula is C19H26N2O2S. The molecule has 0 saturated heterocycles. The largest absolute Gasteiger partial charge is 0.497 e. The first kappa shape index (κ1) is 20.1. The van der Waals surface area contributed by atoms with E-state index in [-0.39, 0.29) is 11.9 Å². The van der Waals surface area contributed by atoms with E-state index in [2.05, 4.69) is 18.1 Å². The predicted octanol–water partition coefficient (Wildman–Crippen LogP) is 3.50. The molecule has 1 rings (SSSR count). The van der Waals surface area contributed by atoms with Crippen molar-refractivity contribution in [3.05, 3.63) is 72.0 Å². The highest BCUT2D eigenvalue weighted by Crippen LogP contribution is 2.02. The van der Waals surface area contributed by atoms with Gasteiger partial charge in [0.2, 0.25) is 5.91 Å². The normalized spacial score (nSPS) is 13.4. The van der Waals surface area contributed by atoms with Crippen molar-refractivity contribution in [3.8, 4) is 0 Å². The monoisotopic (exact) mass is 346 g/mol. The quantitative estimate of drug-likeness (QED) is 0.408. The first-order valence-corrected chi connectivity index (χ1v) is 8.28. The fourth-order valence-corrected chi connectivity index (χ4v) is 2.14. The second-order valence-corrected chi connectivity index (χ2v) is 5.93. The van der Waals surface area contributed by atoms with Crippen LogP contribution in [-0.2, 0) is 16.1 Å². The number of hydrogen-bond acceptors (Lipinski definition) is 4. The molecule has 1 aromatic carbocycles. The lowest BCUT2D eigenvalue weighted by Gasteiger charge is -2.17. The topological polar surface area (TPSA) is 41.6 Å². The molecule has 0 saturated carbocycles. The number of thiol groups is 1. The highest BCUT2D eigenvalue weighted by molar-refractivity contribution is 7.78. The number of ether oxygens (including phenoxy) is 1. The number of amides is 1. The molecule has 0 bridgehead atoms. The minimum atomic E-state index is -0.292. The second kappa shape index (κ2) is 11.5. The van der Waals surface area contributed by atoms with Crippen molar-refractivity contribution in [2.24, 2.45) is 0 Å². The summed E-state index contributed by atoms with van der Waals surface area (Å²) in [6, 6.07) is 9.71. The fourth-order valence-electron chi connectivity index (χ4n) is 1.96. The van der Waals surface area contributed by atoms with E-state index in [0.717, 1.165) is 11.1 Å². The minimum Gasteiger partial charge on any atom is -0.497 e. The minimum absolute atomic E-state index is 0.0695. The molecule has 0 aliphatic carbocycles. The van der Waals surface area contributed by atoms with Crippen LogP contribution in [0.25, 0.3) is 0 Å². The van der Waals surface area contributed by atoms with Gasteiger partial charge < -0.3 is 10.1 Å². The van der Waals surface area contributed by atoms with Crippen molar-refractivity contribution >= 4 is 18.7 Å². The summed E-state index contributed by atoms with van der Waals surface area (Å²) in [5, 5.41) is 3.18. The van der Waals surface area contributed by atoms with Gasteiger partial charge >= 0.3 is 0 Å². The SMILES string of the molecule is C\C=C/C(=C\C=C\OCc1ccccc1)CN[C@H](C)C(=O)N(C)S. The lowest BCUT2D eigenvalue weighted by Crippen LogP contribution is -2.40. The number of carbonyl (C=O) groups excluding carboxylic acids is 1. The Balaban J connectivity index is 2.47. The van der Waals surface area contributed by atoms with Crippen molar-refractivity contribution in [3.63, 3.8) is 0 Å². The summed E-state index contributed by atoms with van der Waals surface area (Å²) in [6.45, 7) is 4.91. The first-order valence-electron chi connectivity index (χ1n) is 7.88. The molecular weight excluding hydrogens is 320 g/mol. The Labute approximate surface area is 150 Å². The molecule has 0 aliphatic rings. The van der Waals surface area contributed by atoms with Crippen LogP contribution in [0.15, 0.2) is 66.5 Å². The summed E-state index contributed by atoms with van der Waals surface area (Å²) in [4.78, 5) is 11.8. The van der Waals surface area contributed by atoms with Gasteiger partial charge in [0, 0.05) is 13.6 Å². The maximum atomic E-state index is 11.8. The Morgan fingerprint density at radius 2 is 2.08 bits per heavy atom. The molecule has 130 valence electrons. The second-order valence-electron chi connectivity index (χ2n) is 5.33.